The molecule has 7 nitrogen and oxygen atoms in total. The summed E-state index contributed by atoms with van der Waals surface area (Å²) in [6.07, 6.45) is 0.270. The second-order valence-electron chi connectivity index (χ2n) is 4.28. The molecule has 0 aliphatic rings. The van der Waals surface area contributed by atoms with Crippen molar-refractivity contribution < 1.29 is 24.2 Å². The highest BCUT2D eigenvalue weighted by Crippen LogP contribution is 2.02. The molecule has 0 spiro atoms. The number of carbonyl (C=O) groups is 3. The molecule has 7 heteroatoms. The van der Waals surface area contributed by atoms with E-state index in [1.54, 1.807) is 27.7 Å². The highest BCUT2D eigenvalue weighted by molar-refractivity contribution is 5.85. The van der Waals surface area contributed by atoms with Gasteiger partial charge in [0.1, 0.15) is 12.6 Å². The Morgan fingerprint density at radius 2 is 1.84 bits per heavy atom. The number of nitrogens with one attached hydrogen (secondary N) is 1. The molecular weight excluding hydrogens is 252 g/mol. The van der Waals surface area contributed by atoms with Crippen LogP contribution in [0.3, 0.4) is 0 Å². The second-order valence-corrected chi connectivity index (χ2v) is 4.28. The van der Waals surface area contributed by atoms with Gasteiger partial charge in [-0.05, 0) is 27.2 Å². The normalized spacial score (nSPS) is 11.8. The van der Waals surface area contributed by atoms with Crippen LogP contribution in [0.5, 0.6) is 0 Å². The number of rotatable bonds is 7. The first-order valence-electron chi connectivity index (χ1n) is 6.28. The SMILES string of the molecule is CCOC(=O)CN(C(=O)NC(CC)C(=O)O)C(C)C. The Kier molecular flexibility index (Phi) is 7.55. The number of nitrogens with zero attached hydrogens (tertiary/aromatic N) is 1. The summed E-state index contributed by atoms with van der Waals surface area (Å²) in [5, 5.41) is 11.3. The fraction of sp³-hybridized carbons (Fsp3) is 0.750. The smallest absolute Gasteiger partial charge is 0.326 e. The second kappa shape index (κ2) is 8.34. The Labute approximate surface area is 112 Å². The van der Waals surface area contributed by atoms with Gasteiger partial charge in [-0.15, -0.1) is 0 Å². The molecule has 0 aromatic heterocycles. The van der Waals surface area contributed by atoms with Crippen LogP contribution in [-0.4, -0.2) is 53.2 Å². The van der Waals surface area contributed by atoms with Crippen molar-refractivity contribution in [3.05, 3.63) is 0 Å². The zero-order valence-corrected chi connectivity index (χ0v) is 11.8. The van der Waals surface area contributed by atoms with Gasteiger partial charge in [0.25, 0.3) is 0 Å². The quantitative estimate of drug-likeness (QED) is 0.670. The number of carboxylic acids is 1. The van der Waals surface area contributed by atoms with Gasteiger partial charge in [0, 0.05) is 6.04 Å². The summed E-state index contributed by atoms with van der Waals surface area (Å²) in [5.74, 6) is -1.62. The zero-order valence-electron chi connectivity index (χ0n) is 11.8. The summed E-state index contributed by atoms with van der Waals surface area (Å²) in [6, 6.07) is -1.79. The monoisotopic (exact) mass is 274 g/mol. The van der Waals surface area contributed by atoms with Crippen molar-refractivity contribution >= 4 is 18.0 Å². The number of urea groups is 1. The largest absolute Gasteiger partial charge is 0.480 e. The minimum atomic E-state index is -1.10. The lowest BCUT2D eigenvalue weighted by Gasteiger charge is -2.27. The van der Waals surface area contributed by atoms with Crippen LogP contribution in [0.1, 0.15) is 34.1 Å². The number of hydrogen-bond acceptors (Lipinski definition) is 4. The molecule has 0 aliphatic heterocycles. The van der Waals surface area contributed by atoms with Crippen LogP contribution in [0.2, 0.25) is 0 Å². The van der Waals surface area contributed by atoms with E-state index in [4.69, 9.17) is 9.84 Å². The predicted molar refractivity (Wildman–Crippen MR) is 68.7 cm³/mol. The first-order valence-corrected chi connectivity index (χ1v) is 6.28. The third-order valence-electron chi connectivity index (χ3n) is 2.49. The van der Waals surface area contributed by atoms with E-state index in [9.17, 15) is 14.4 Å². The Morgan fingerprint density at radius 1 is 1.26 bits per heavy atom. The highest BCUT2D eigenvalue weighted by atomic mass is 16.5. The average molecular weight is 274 g/mol. The lowest BCUT2D eigenvalue weighted by molar-refractivity contribution is -0.144. The fourth-order valence-electron chi connectivity index (χ4n) is 1.40. The first-order chi connectivity index (χ1) is 8.83. The van der Waals surface area contributed by atoms with Crippen LogP contribution in [0.25, 0.3) is 0 Å². The molecule has 1 atom stereocenters. The summed E-state index contributed by atoms with van der Waals surface area (Å²) in [6.45, 7) is 6.84. The molecule has 19 heavy (non-hydrogen) atoms. The van der Waals surface area contributed by atoms with Crippen LogP contribution in [0.15, 0.2) is 0 Å². The zero-order chi connectivity index (χ0) is 15.0. The summed E-state index contributed by atoms with van der Waals surface area (Å²) in [7, 11) is 0. The number of esters is 1. The van der Waals surface area contributed by atoms with Crippen molar-refractivity contribution in [3.8, 4) is 0 Å². The van der Waals surface area contributed by atoms with Crippen LogP contribution >= 0.6 is 0 Å². The van der Waals surface area contributed by atoms with E-state index in [-0.39, 0.29) is 25.6 Å². The van der Waals surface area contributed by atoms with E-state index in [1.165, 1.54) is 4.90 Å². The van der Waals surface area contributed by atoms with E-state index >= 15 is 0 Å². The molecule has 2 amide bonds. The molecule has 110 valence electrons. The van der Waals surface area contributed by atoms with E-state index in [1.807, 2.05) is 0 Å². The Bertz CT molecular complexity index is 330. The van der Waals surface area contributed by atoms with Gasteiger partial charge in [0.15, 0.2) is 0 Å². The van der Waals surface area contributed by atoms with Crippen LogP contribution < -0.4 is 5.32 Å². The highest BCUT2D eigenvalue weighted by Gasteiger charge is 2.25. The number of ether oxygens (including phenoxy) is 1. The van der Waals surface area contributed by atoms with Gasteiger partial charge in [-0.3, -0.25) is 4.79 Å². The van der Waals surface area contributed by atoms with Crippen molar-refractivity contribution in [1.82, 2.24) is 10.2 Å². The number of carboxylic acid groups (broad SMARTS) is 1. The van der Waals surface area contributed by atoms with Crippen LogP contribution in [0, 0.1) is 0 Å². The van der Waals surface area contributed by atoms with Crippen molar-refractivity contribution in [3.63, 3.8) is 0 Å². The summed E-state index contributed by atoms with van der Waals surface area (Å²) < 4.78 is 4.77. The molecule has 0 aromatic rings. The Morgan fingerprint density at radius 3 is 2.21 bits per heavy atom. The lowest BCUT2D eigenvalue weighted by atomic mass is 10.2. The van der Waals surface area contributed by atoms with Gasteiger partial charge in [0.2, 0.25) is 0 Å². The third-order valence-corrected chi connectivity index (χ3v) is 2.49. The maximum absolute atomic E-state index is 11.9. The maximum atomic E-state index is 11.9. The summed E-state index contributed by atoms with van der Waals surface area (Å²) in [4.78, 5) is 35.4. The topological polar surface area (TPSA) is 95.9 Å². The third kappa shape index (κ3) is 6.08. The standard InChI is InChI=1S/C12H22N2O5/c1-5-9(11(16)17)13-12(18)14(8(3)4)7-10(15)19-6-2/h8-9H,5-7H2,1-4H3,(H,13,18)(H,16,17). The molecule has 1 unspecified atom stereocenters. The molecule has 0 bridgehead atoms. The number of amides is 2. The molecular formula is C12H22N2O5. The molecule has 0 aromatic carbocycles. The van der Waals surface area contributed by atoms with Crippen LogP contribution in [-0.2, 0) is 14.3 Å². The minimum absolute atomic E-state index is 0.201. The molecule has 0 fully saturated rings. The molecule has 0 saturated carbocycles. The minimum Gasteiger partial charge on any atom is -0.480 e. The number of carbonyl (C=O) groups excluding carboxylic acids is 2. The molecule has 0 radical (unpaired) electrons. The van der Waals surface area contributed by atoms with Gasteiger partial charge in [0.05, 0.1) is 6.61 Å². The van der Waals surface area contributed by atoms with Crippen LogP contribution in [0.4, 0.5) is 4.79 Å². The Balaban J connectivity index is 4.66. The Hall–Kier alpha value is -1.79. The first kappa shape index (κ1) is 17.2. The lowest BCUT2D eigenvalue weighted by Crippen LogP contribution is -2.51. The number of aliphatic carboxylic acids is 1. The van der Waals surface area contributed by atoms with Gasteiger partial charge >= 0.3 is 18.0 Å². The predicted octanol–water partition coefficient (Wildman–Crippen LogP) is 0.833. The van der Waals surface area contributed by atoms with Crippen molar-refractivity contribution in [1.29, 1.82) is 0 Å². The molecule has 2 N–H and O–H groups in total. The molecule has 0 heterocycles. The van der Waals surface area contributed by atoms with Crippen molar-refractivity contribution in [2.24, 2.45) is 0 Å². The van der Waals surface area contributed by atoms with E-state index < -0.39 is 24.0 Å². The van der Waals surface area contributed by atoms with Gasteiger partial charge < -0.3 is 20.1 Å². The van der Waals surface area contributed by atoms with Crippen molar-refractivity contribution in [2.75, 3.05) is 13.2 Å². The van der Waals surface area contributed by atoms with Gasteiger partial charge in [-0.25, -0.2) is 9.59 Å². The van der Waals surface area contributed by atoms with Gasteiger partial charge in [-0.1, -0.05) is 6.92 Å². The summed E-state index contributed by atoms with van der Waals surface area (Å²) >= 11 is 0. The van der Waals surface area contributed by atoms with E-state index in [0.717, 1.165) is 0 Å². The van der Waals surface area contributed by atoms with E-state index in [0.29, 0.717) is 0 Å². The molecule has 0 saturated heterocycles. The fourth-order valence-corrected chi connectivity index (χ4v) is 1.40. The number of hydrogen-bond donors (Lipinski definition) is 2. The molecule has 0 aliphatic carbocycles. The van der Waals surface area contributed by atoms with Crippen molar-refractivity contribution in [2.45, 2.75) is 46.2 Å². The molecule has 0 rings (SSSR count). The van der Waals surface area contributed by atoms with Gasteiger partial charge in [-0.2, -0.15) is 0 Å². The summed E-state index contributed by atoms with van der Waals surface area (Å²) in [5.41, 5.74) is 0. The van der Waals surface area contributed by atoms with E-state index in [2.05, 4.69) is 5.32 Å². The average Bonchev–Trinajstić information content (AvgIpc) is 2.32. The maximum Gasteiger partial charge on any atom is 0.326 e.